The maximum absolute atomic E-state index is 11.6. The Morgan fingerprint density at radius 1 is 1.13 bits per heavy atom. The maximum Gasteiger partial charge on any atom is 0.146 e. The maximum atomic E-state index is 11.6. The number of likely N-dealkylation sites (N-methyl/N-ethyl adjacent to an activating group) is 1. The number of Topliss-reactive ketones (excluding diaryl/α,β-unsaturated/α-hetero) is 1. The summed E-state index contributed by atoms with van der Waals surface area (Å²) in [5.41, 5.74) is 1.52. The zero-order valence-corrected chi connectivity index (χ0v) is 14.7. The normalized spacial score (nSPS) is 28.0. The molecule has 2 atom stereocenters. The summed E-state index contributed by atoms with van der Waals surface area (Å²) in [7, 11) is 1.85. The van der Waals surface area contributed by atoms with Crippen LogP contribution >= 0.6 is 0 Å². The highest BCUT2D eigenvalue weighted by Crippen LogP contribution is 2.41. The van der Waals surface area contributed by atoms with E-state index in [9.17, 15) is 4.79 Å². The first-order valence-corrected chi connectivity index (χ1v) is 9.46. The number of hydrogen-bond acceptors (Lipinski definition) is 2. The molecule has 1 fully saturated rings. The minimum Gasteiger partial charge on any atom is -0.313 e. The molecule has 0 aromatic carbocycles. The molecule has 0 aromatic heterocycles. The minimum atomic E-state index is 0.368. The molecular weight excluding hydrogens is 282 g/mol. The van der Waals surface area contributed by atoms with Gasteiger partial charge in [-0.15, -0.1) is 0 Å². The van der Waals surface area contributed by atoms with Crippen molar-refractivity contribution in [1.82, 2.24) is 5.32 Å². The smallest absolute Gasteiger partial charge is 0.146 e. The van der Waals surface area contributed by atoms with Gasteiger partial charge in [-0.1, -0.05) is 36.0 Å². The Balaban J connectivity index is 1.63. The van der Waals surface area contributed by atoms with Gasteiger partial charge in [-0.3, -0.25) is 4.79 Å². The molecule has 0 bridgehead atoms. The molecule has 2 aliphatic carbocycles. The summed E-state index contributed by atoms with van der Waals surface area (Å²) in [5, 5.41) is 2.96. The van der Waals surface area contributed by atoms with E-state index in [1.54, 1.807) is 0 Å². The van der Waals surface area contributed by atoms with E-state index in [0.717, 1.165) is 31.1 Å². The second-order valence-corrected chi connectivity index (χ2v) is 7.06. The van der Waals surface area contributed by atoms with Gasteiger partial charge in [0, 0.05) is 6.42 Å². The molecule has 1 N–H and O–H groups in total. The molecule has 2 rings (SSSR count). The predicted molar refractivity (Wildman–Crippen MR) is 98.4 cm³/mol. The Bertz CT molecular complexity index is 447. The average Bonchev–Trinajstić information content (AvgIpc) is 2.64. The molecule has 0 amide bonds. The van der Waals surface area contributed by atoms with Gasteiger partial charge in [0.15, 0.2) is 0 Å². The van der Waals surface area contributed by atoms with Crippen molar-refractivity contribution in [3.63, 3.8) is 0 Å². The molecule has 1 unspecified atom stereocenters. The largest absolute Gasteiger partial charge is 0.313 e. The van der Waals surface area contributed by atoms with Gasteiger partial charge in [0.05, 0.1) is 6.54 Å². The molecule has 23 heavy (non-hydrogen) atoms. The van der Waals surface area contributed by atoms with Crippen molar-refractivity contribution in [3.8, 4) is 0 Å². The zero-order chi connectivity index (χ0) is 16.3. The Kier molecular flexibility index (Phi) is 8.38. The number of hydrogen-bond donors (Lipinski definition) is 1. The van der Waals surface area contributed by atoms with Crippen LogP contribution in [0.4, 0.5) is 0 Å². The fraction of sp³-hybridized carbons (Fsp3) is 0.667. The SMILES string of the molecule is CNCC(=O)CC[C@H]1CCC1CCCC1=C/CCC=CC/C=C\1. The van der Waals surface area contributed by atoms with E-state index in [-0.39, 0.29) is 0 Å². The highest BCUT2D eigenvalue weighted by atomic mass is 16.1. The fourth-order valence-electron chi connectivity index (χ4n) is 3.73. The quantitative estimate of drug-likeness (QED) is 0.608. The molecule has 0 aromatic rings. The molecule has 2 heteroatoms. The lowest BCUT2D eigenvalue weighted by atomic mass is 9.69. The first-order valence-electron chi connectivity index (χ1n) is 9.46. The van der Waals surface area contributed by atoms with Crippen molar-refractivity contribution in [2.75, 3.05) is 13.6 Å². The summed E-state index contributed by atoms with van der Waals surface area (Å²) in [5.74, 6) is 2.05. The number of carbonyl (C=O) groups is 1. The van der Waals surface area contributed by atoms with E-state index in [0.29, 0.717) is 12.3 Å². The number of ketones is 1. The van der Waals surface area contributed by atoms with Crippen molar-refractivity contribution in [1.29, 1.82) is 0 Å². The lowest BCUT2D eigenvalue weighted by Gasteiger charge is -2.37. The highest BCUT2D eigenvalue weighted by Gasteiger charge is 2.30. The van der Waals surface area contributed by atoms with Crippen molar-refractivity contribution in [3.05, 3.63) is 36.0 Å². The van der Waals surface area contributed by atoms with E-state index in [1.165, 1.54) is 50.5 Å². The molecule has 2 aliphatic rings. The summed E-state index contributed by atoms with van der Waals surface area (Å²) in [6, 6.07) is 0. The lowest BCUT2D eigenvalue weighted by Crippen LogP contribution is -2.27. The topological polar surface area (TPSA) is 29.1 Å². The monoisotopic (exact) mass is 315 g/mol. The number of carbonyl (C=O) groups excluding carboxylic acids is 1. The van der Waals surface area contributed by atoms with Crippen LogP contribution in [-0.2, 0) is 4.79 Å². The van der Waals surface area contributed by atoms with Crippen molar-refractivity contribution in [2.24, 2.45) is 11.8 Å². The summed E-state index contributed by atoms with van der Waals surface area (Å²) in [6.07, 6.45) is 23.5. The Hall–Kier alpha value is -1.15. The first-order chi connectivity index (χ1) is 11.3. The van der Waals surface area contributed by atoms with E-state index in [4.69, 9.17) is 0 Å². The Labute approximate surface area is 142 Å². The van der Waals surface area contributed by atoms with E-state index < -0.39 is 0 Å². The van der Waals surface area contributed by atoms with Crippen LogP contribution < -0.4 is 5.32 Å². The summed E-state index contributed by atoms with van der Waals surface area (Å²) < 4.78 is 0. The highest BCUT2D eigenvalue weighted by molar-refractivity contribution is 5.80. The lowest BCUT2D eigenvalue weighted by molar-refractivity contribution is -0.118. The molecule has 0 aliphatic heterocycles. The fourth-order valence-corrected chi connectivity index (χ4v) is 3.73. The molecule has 0 saturated heterocycles. The van der Waals surface area contributed by atoms with Gasteiger partial charge >= 0.3 is 0 Å². The number of allylic oxidation sites excluding steroid dienone is 6. The van der Waals surface area contributed by atoms with Gasteiger partial charge < -0.3 is 5.32 Å². The van der Waals surface area contributed by atoms with Gasteiger partial charge in [-0.05, 0) is 76.7 Å². The minimum absolute atomic E-state index is 0.368. The molecular formula is C21H33NO. The summed E-state index contributed by atoms with van der Waals surface area (Å²) >= 11 is 0. The van der Waals surface area contributed by atoms with Gasteiger partial charge in [0.25, 0.3) is 0 Å². The van der Waals surface area contributed by atoms with Crippen molar-refractivity contribution in [2.45, 2.75) is 64.2 Å². The Morgan fingerprint density at radius 2 is 1.96 bits per heavy atom. The number of rotatable bonds is 9. The average molecular weight is 316 g/mol. The molecule has 2 nitrogen and oxygen atoms in total. The Morgan fingerprint density at radius 3 is 2.74 bits per heavy atom. The molecule has 0 radical (unpaired) electrons. The van der Waals surface area contributed by atoms with Crippen LogP contribution in [0.25, 0.3) is 0 Å². The number of nitrogens with one attached hydrogen (secondary N) is 1. The van der Waals surface area contributed by atoms with E-state index in [1.807, 2.05) is 7.05 Å². The van der Waals surface area contributed by atoms with Crippen LogP contribution in [0, 0.1) is 11.8 Å². The molecule has 128 valence electrons. The summed E-state index contributed by atoms with van der Waals surface area (Å²) in [4.78, 5) is 11.6. The summed E-state index contributed by atoms with van der Waals surface area (Å²) in [6.45, 7) is 0.534. The third-order valence-electron chi connectivity index (χ3n) is 5.29. The van der Waals surface area contributed by atoms with Crippen LogP contribution in [0.15, 0.2) is 36.0 Å². The predicted octanol–water partition coefficient (Wildman–Crippen LogP) is 4.97. The van der Waals surface area contributed by atoms with E-state index >= 15 is 0 Å². The van der Waals surface area contributed by atoms with Crippen LogP contribution in [0.1, 0.15) is 64.2 Å². The third kappa shape index (κ3) is 6.87. The second kappa shape index (κ2) is 10.6. The molecule has 0 heterocycles. The van der Waals surface area contributed by atoms with Crippen molar-refractivity contribution < 1.29 is 4.79 Å². The molecule has 0 spiro atoms. The first kappa shape index (κ1) is 18.2. The van der Waals surface area contributed by atoms with Gasteiger partial charge in [-0.25, -0.2) is 0 Å². The molecule has 1 saturated carbocycles. The zero-order valence-electron chi connectivity index (χ0n) is 14.7. The second-order valence-electron chi connectivity index (χ2n) is 7.06. The van der Waals surface area contributed by atoms with Gasteiger partial charge in [0.1, 0.15) is 5.78 Å². The van der Waals surface area contributed by atoms with Gasteiger partial charge in [0.2, 0.25) is 0 Å². The standard InChI is InChI=1S/C21H33NO/c1-22-17-21(23)16-15-20-14-13-19(20)12-8-11-18-9-6-4-2-3-5-7-10-18/h2-3,6,9-10,19-20,22H,4-5,7-8,11-17H2,1H3/b3-2?,9-6-,18-10+/t19?,20-/m1/s1. The van der Waals surface area contributed by atoms with Crippen LogP contribution in [-0.4, -0.2) is 19.4 Å². The third-order valence-corrected chi connectivity index (χ3v) is 5.29. The van der Waals surface area contributed by atoms with Crippen LogP contribution in [0.5, 0.6) is 0 Å². The van der Waals surface area contributed by atoms with E-state index in [2.05, 4.69) is 35.7 Å². The van der Waals surface area contributed by atoms with Crippen LogP contribution in [0.2, 0.25) is 0 Å². The van der Waals surface area contributed by atoms with Crippen LogP contribution in [0.3, 0.4) is 0 Å². The van der Waals surface area contributed by atoms with Crippen molar-refractivity contribution >= 4 is 5.78 Å². The van der Waals surface area contributed by atoms with Gasteiger partial charge in [-0.2, -0.15) is 0 Å².